The van der Waals surface area contributed by atoms with Crippen molar-refractivity contribution in [2.24, 2.45) is 5.73 Å². The zero-order chi connectivity index (χ0) is 11.0. The van der Waals surface area contributed by atoms with Gasteiger partial charge >= 0.3 is 0 Å². The van der Waals surface area contributed by atoms with Crippen LogP contribution in [-0.4, -0.2) is 10.2 Å². The van der Waals surface area contributed by atoms with Crippen molar-refractivity contribution in [1.82, 2.24) is 10.2 Å². The maximum atomic E-state index is 5.55. The van der Waals surface area contributed by atoms with Crippen LogP contribution in [0.4, 0.5) is 0 Å². The minimum Gasteiger partial charge on any atom is -0.324 e. The van der Waals surface area contributed by atoms with Crippen LogP contribution in [0.3, 0.4) is 0 Å². The van der Waals surface area contributed by atoms with Crippen LogP contribution in [0.5, 0.6) is 0 Å². The van der Waals surface area contributed by atoms with Crippen LogP contribution in [0.2, 0.25) is 0 Å². The van der Waals surface area contributed by atoms with Crippen LogP contribution < -0.4 is 5.73 Å². The molecule has 0 radical (unpaired) electrons. The first kappa shape index (κ1) is 10.3. The van der Waals surface area contributed by atoms with Gasteiger partial charge in [-0.3, -0.25) is 0 Å². The van der Waals surface area contributed by atoms with Crippen molar-refractivity contribution in [2.75, 3.05) is 0 Å². The van der Waals surface area contributed by atoms with Crippen molar-refractivity contribution in [3.8, 4) is 0 Å². The highest BCUT2D eigenvalue weighted by atomic mass is 32.2. The minimum absolute atomic E-state index is 0.426. The molecule has 1 aliphatic heterocycles. The number of thioether (sulfide) groups is 1. The number of fused-ring (bicyclic) bond motifs is 1. The number of nitrogens with zero attached hydrogens (tertiary/aromatic N) is 2. The van der Waals surface area contributed by atoms with E-state index in [1.165, 1.54) is 10.5 Å². The second-order valence-corrected chi connectivity index (χ2v) is 5.99. The normalized spacial score (nSPS) is 18.7. The molecule has 0 bridgehead atoms. The van der Waals surface area contributed by atoms with Gasteiger partial charge in [0.05, 0.1) is 5.25 Å². The van der Waals surface area contributed by atoms with E-state index in [-0.39, 0.29) is 0 Å². The van der Waals surface area contributed by atoms with Gasteiger partial charge in [0.15, 0.2) is 0 Å². The molecular formula is C11H11N3S2. The molecule has 2 N–H and O–H groups in total. The third kappa shape index (κ3) is 1.75. The first-order valence-electron chi connectivity index (χ1n) is 5.13. The Bertz CT molecular complexity index is 484. The van der Waals surface area contributed by atoms with Gasteiger partial charge in [0.1, 0.15) is 10.0 Å². The Morgan fingerprint density at radius 1 is 1.31 bits per heavy atom. The summed E-state index contributed by atoms with van der Waals surface area (Å²) in [5, 5.41) is 10.7. The zero-order valence-electron chi connectivity index (χ0n) is 8.59. The Kier molecular flexibility index (Phi) is 2.67. The van der Waals surface area contributed by atoms with E-state index in [0.717, 1.165) is 16.4 Å². The van der Waals surface area contributed by atoms with E-state index in [9.17, 15) is 0 Å². The van der Waals surface area contributed by atoms with Crippen molar-refractivity contribution in [3.63, 3.8) is 0 Å². The van der Waals surface area contributed by atoms with Gasteiger partial charge in [-0.25, -0.2) is 0 Å². The van der Waals surface area contributed by atoms with Crippen molar-refractivity contribution in [2.45, 2.75) is 23.1 Å². The second kappa shape index (κ2) is 4.16. The number of aromatic nitrogens is 2. The molecule has 3 rings (SSSR count). The summed E-state index contributed by atoms with van der Waals surface area (Å²) in [5.41, 5.74) is 6.97. The van der Waals surface area contributed by atoms with Gasteiger partial charge in [-0.05, 0) is 18.1 Å². The summed E-state index contributed by atoms with van der Waals surface area (Å²) < 4.78 is 0. The SMILES string of the molecule is NCc1nnc(C2Cc3ccccc3S2)s1. The van der Waals surface area contributed by atoms with E-state index in [1.807, 2.05) is 11.8 Å². The van der Waals surface area contributed by atoms with Gasteiger partial charge in [-0.15, -0.1) is 22.0 Å². The highest BCUT2D eigenvalue weighted by Crippen LogP contribution is 2.46. The Labute approximate surface area is 102 Å². The molecule has 0 saturated heterocycles. The lowest BCUT2D eigenvalue weighted by atomic mass is 10.1. The van der Waals surface area contributed by atoms with E-state index in [4.69, 9.17) is 5.73 Å². The second-order valence-electron chi connectivity index (χ2n) is 3.66. The van der Waals surface area contributed by atoms with Gasteiger partial charge in [0.25, 0.3) is 0 Å². The summed E-state index contributed by atoms with van der Waals surface area (Å²) in [7, 11) is 0. The van der Waals surface area contributed by atoms with Crippen LogP contribution >= 0.6 is 23.1 Å². The third-order valence-corrected chi connectivity index (χ3v) is 5.11. The molecule has 5 heteroatoms. The molecule has 1 aromatic carbocycles. The van der Waals surface area contributed by atoms with Crippen LogP contribution in [0.15, 0.2) is 29.2 Å². The standard InChI is InChI=1S/C11H11N3S2/c12-6-10-13-14-11(16-10)9-5-7-3-1-2-4-8(7)15-9/h1-4,9H,5-6,12H2. The smallest absolute Gasteiger partial charge is 0.131 e. The van der Waals surface area contributed by atoms with E-state index < -0.39 is 0 Å². The molecule has 82 valence electrons. The molecule has 1 unspecified atom stereocenters. The number of nitrogens with two attached hydrogens (primary N) is 1. The predicted molar refractivity (Wildman–Crippen MR) is 66.5 cm³/mol. The average molecular weight is 249 g/mol. The van der Waals surface area contributed by atoms with E-state index in [1.54, 1.807) is 11.3 Å². The van der Waals surface area contributed by atoms with E-state index in [2.05, 4.69) is 34.5 Å². The fraction of sp³-hybridized carbons (Fsp3) is 0.273. The van der Waals surface area contributed by atoms with E-state index in [0.29, 0.717) is 11.8 Å². The molecule has 2 heterocycles. The van der Waals surface area contributed by atoms with Crippen LogP contribution in [0, 0.1) is 0 Å². The molecule has 0 saturated carbocycles. The first-order chi connectivity index (χ1) is 7.86. The fourth-order valence-electron chi connectivity index (χ4n) is 1.80. The fourth-order valence-corrected chi connectivity index (χ4v) is 3.97. The molecule has 2 aromatic rings. The quantitative estimate of drug-likeness (QED) is 0.888. The average Bonchev–Trinajstić information content (AvgIpc) is 2.95. The highest BCUT2D eigenvalue weighted by Gasteiger charge is 2.26. The monoisotopic (exact) mass is 249 g/mol. The molecule has 0 spiro atoms. The van der Waals surface area contributed by atoms with Crippen LogP contribution in [0.1, 0.15) is 20.8 Å². The van der Waals surface area contributed by atoms with Gasteiger partial charge in [-0.2, -0.15) is 0 Å². The van der Waals surface area contributed by atoms with E-state index >= 15 is 0 Å². The molecule has 1 atom stereocenters. The van der Waals surface area contributed by atoms with Crippen molar-refractivity contribution in [3.05, 3.63) is 39.8 Å². The minimum atomic E-state index is 0.426. The molecular weight excluding hydrogens is 238 g/mol. The summed E-state index contributed by atoms with van der Waals surface area (Å²) in [4.78, 5) is 1.37. The Balaban J connectivity index is 1.85. The maximum Gasteiger partial charge on any atom is 0.131 e. The molecule has 1 aromatic heterocycles. The molecule has 0 amide bonds. The molecule has 3 nitrogen and oxygen atoms in total. The maximum absolute atomic E-state index is 5.55. The zero-order valence-corrected chi connectivity index (χ0v) is 10.2. The summed E-state index contributed by atoms with van der Waals surface area (Å²) in [6.45, 7) is 0.488. The largest absolute Gasteiger partial charge is 0.324 e. The van der Waals surface area contributed by atoms with Gasteiger partial charge in [0.2, 0.25) is 0 Å². The lowest BCUT2D eigenvalue weighted by molar-refractivity contribution is 0.877. The lowest BCUT2D eigenvalue weighted by Crippen LogP contribution is -1.94. The van der Waals surface area contributed by atoms with Crippen molar-refractivity contribution < 1.29 is 0 Å². The van der Waals surface area contributed by atoms with Crippen molar-refractivity contribution >= 4 is 23.1 Å². The van der Waals surface area contributed by atoms with Crippen LogP contribution in [0.25, 0.3) is 0 Å². The Hall–Kier alpha value is -0.910. The molecule has 0 fully saturated rings. The molecule has 0 aliphatic carbocycles. The van der Waals surface area contributed by atoms with Gasteiger partial charge in [0, 0.05) is 11.4 Å². The topological polar surface area (TPSA) is 51.8 Å². The van der Waals surface area contributed by atoms with Crippen LogP contribution in [-0.2, 0) is 13.0 Å². The van der Waals surface area contributed by atoms with Gasteiger partial charge < -0.3 is 5.73 Å². The van der Waals surface area contributed by atoms with Crippen molar-refractivity contribution in [1.29, 1.82) is 0 Å². The molecule has 16 heavy (non-hydrogen) atoms. The number of hydrogen-bond donors (Lipinski definition) is 1. The summed E-state index contributed by atoms with van der Waals surface area (Å²) in [6, 6.07) is 8.53. The summed E-state index contributed by atoms with van der Waals surface area (Å²) >= 11 is 3.51. The summed E-state index contributed by atoms with van der Waals surface area (Å²) in [6.07, 6.45) is 1.06. The number of benzene rings is 1. The third-order valence-electron chi connectivity index (χ3n) is 2.58. The lowest BCUT2D eigenvalue weighted by Gasteiger charge is -2.00. The first-order valence-corrected chi connectivity index (χ1v) is 6.83. The Morgan fingerprint density at radius 3 is 2.94 bits per heavy atom. The number of hydrogen-bond acceptors (Lipinski definition) is 5. The van der Waals surface area contributed by atoms with Gasteiger partial charge in [-0.1, -0.05) is 29.5 Å². The predicted octanol–water partition coefficient (Wildman–Crippen LogP) is 2.39. The Morgan fingerprint density at radius 2 is 2.19 bits per heavy atom. The number of rotatable bonds is 2. The molecule has 1 aliphatic rings. The highest BCUT2D eigenvalue weighted by molar-refractivity contribution is 8.00. The summed E-state index contributed by atoms with van der Waals surface area (Å²) in [5.74, 6) is 0.